The first-order valence-corrected chi connectivity index (χ1v) is 7.77. The van der Waals surface area contributed by atoms with Gasteiger partial charge in [0.25, 0.3) is 0 Å². The number of thioether (sulfide) groups is 1. The second-order valence-corrected chi connectivity index (χ2v) is 6.36. The highest BCUT2D eigenvalue weighted by Gasteiger charge is 2.13. The summed E-state index contributed by atoms with van der Waals surface area (Å²) in [7, 11) is 0. The summed E-state index contributed by atoms with van der Waals surface area (Å²) in [6, 6.07) is 10.9. The average Bonchev–Trinajstić information content (AvgIpc) is 2.77. The molecule has 2 aromatic rings. The fourth-order valence-corrected chi connectivity index (χ4v) is 3.99. The van der Waals surface area contributed by atoms with Gasteiger partial charge in [-0.05, 0) is 43.0 Å². The number of hydrogen-bond acceptors (Lipinski definition) is 4. The first-order chi connectivity index (χ1) is 8.70. The van der Waals surface area contributed by atoms with E-state index in [1.165, 1.54) is 20.9 Å². The molecule has 96 valence electrons. The summed E-state index contributed by atoms with van der Waals surface area (Å²) >= 11 is 3.60. The van der Waals surface area contributed by atoms with Crippen molar-refractivity contribution in [1.82, 2.24) is 5.43 Å². The maximum Gasteiger partial charge on any atom is 0.0649 e. The zero-order chi connectivity index (χ0) is 13.0. The lowest BCUT2D eigenvalue weighted by molar-refractivity contribution is 0.618. The van der Waals surface area contributed by atoms with E-state index in [0.717, 1.165) is 5.75 Å². The van der Waals surface area contributed by atoms with Crippen LogP contribution < -0.4 is 11.3 Å². The van der Waals surface area contributed by atoms with Gasteiger partial charge in [-0.1, -0.05) is 17.7 Å². The largest absolute Gasteiger partial charge is 0.271 e. The van der Waals surface area contributed by atoms with E-state index in [-0.39, 0.29) is 6.04 Å². The summed E-state index contributed by atoms with van der Waals surface area (Å²) in [6.07, 6.45) is 0. The number of benzene rings is 1. The lowest BCUT2D eigenvalue weighted by atomic mass is 10.2. The highest BCUT2D eigenvalue weighted by Crippen LogP contribution is 2.29. The third kappa shape index (κ3) is 3.36. The van der Waals surface area contributed by atoms with Crippen LogP contribution in [0.4, 0.5) is 0 Å². The average molecular weight is 278 g/mol. The minimum absolute atomic E-state index is 0.218. The minimum atomic E-state index is 0.218. The molecule has 0 amide bonds. The van der Waals surface area contributed by atoms with Gasteiger partial charge in [0.15, 0.2) is 0 Å². The van der Waals surface area contributed by atoms with E-state index in [0.29, 0.717) is 0 Å². The van der Waals surface area contributed by atoms with Crippen LogP contribution in [-0.2, 0) is 0 Å². The molecule has 4 heteroatoms. The predicted molar refractivity (Wildman–Crippen MR) is 81.0 cm³/mol. The molecule has 2 nitrogen and oxygen atoms in total. The van der Waals surface area contributed by atoms with Crippen LogP contribution in [0.5, 0.6) is 0 Å². The molecule has 1 aromatic heterocycles. The zero-order valence-corrected chi connectivity index (χ0v) is 12.3. The Morgan fingerprint density at radius 1 is 1.33 bits per heavy atom. The molecule has 1 aromatic carbocycles. The summed E-state index contributed by atoms with van der Waals surface area (Å²) in [5, 5.41) is 2.12. The Morgan fingerprint density at radius 2 is 2.17 bits per heavy atom. The van der Waals surface area contributed by atoms with Crippen LogP contribution in [0.25, 0.3) is 0 Å². The molecule has 3 N–H and O–H groups in total. The van der Waals surface area contributed by atoms with E-state index < -0.39 is 0 Å². The van der Waals surface area contributed by atoms with E-state index in [2.05, 4.69) is 55.0 Å². The number of hydrazine groups is 1. The SMILES string of the molecule is Cc1cccc(SCC(NN)c2sccc2C)c1. The lowest BCUT2D eigenvalue weighted by Crippen LogP contribution is -2.29. The van der Waals surface area contributed by atoms with Crippen LogP contribution in [0.3, 0.4) is 0 Å². The highest BCUT2D eigenvalue weighted by atomic mass is 32.2. The van der Waals surface area contributed by atoms with Crippen molar-refractivity contribution in [1.29, 1.82) is 0 Å². The first-order valence-electron chi connectivity index (χ1n) is 5.90. The molecule has 0 fully saturated rings. The summed E-state index contributed by atoms with van der Waals surface area (Å²) in [5.41, 5.74) is 5.53. The van der Waals surface area contributed by atoms with E-state index in [4.69, 9.17) is 5.84 Å². The molecular formula is C14H18N2S2. The summed E-state index contributed by atoms with van der Waals surface area (Å²) in [6.45, 7) is 4.25. The lowest BCUT2D eigenvalue weighted by Gasteiger charge is -2.15. The van der Waals surface area contributed by atoms with E-state index >= 15 is 0 Å². The Kier molecular flexibility index (Phi) is 4.83. The summed E-state index contributed by atoms with van der Waals surface area (Å²) in [5.74, 6) is 6.62. The quantitative estimate of drug-likeness (QED) is 0.498. The summed E-state index contributed by atoms with van der Waals surface area (Å²) < 4.78 is 0. The van der Waals surface area contributed by atoms with Gasteiger partial charge in [-0.2, -0.15) is 0 Å². The number of nitrogens with one attached hydrogen (secondary N) is 1. The number of rotatable bonds is 5. The number of thiophene rings is 1. The van der Waals surface area contributed by atoms with Crippen molar-refractivity contribution in [2.24, 2.45) is 5.84 Å². The van der Waals surface area contributed by atoms with Crippen molar-refractivity contribution in [3.05, 3.63) is 51.7 Å². The number of hydrogen-bond donors (Lipinski definition) is 2. The van der Waals surface area contributed by atoms with E-state index in [9.17, 15) is 0 Å². The van der Waals surface area contributed by atoms with Crippen molar-refractivity contribution < 1.29 is 0 Å². The van der Waals surface area contributed by atoms with E-state index in [1.807, 2.05) is 11.8 Å². The molecular weight excluding hydrogens is 260 g/mol. The van der Waals surface area contributed by atoms with E-state index in [1.54, 1.807) is 11.3 Å². The third-order valence-corrected chi connectivity index (χ3v) is 5.05. The Hall–Kier alpha value is -0.810. The molecule has 2 rings (SSSR count). The molecule has 1 atom stereocenters. The molecule has 0 aliphatic heterocycles. The highest BCUT2D eigenvalue weighted by molar-refractivity contribution is 7.99. The Labute approximate surface area is 117 Å². The van der Waals surface area contributed by atoms with Gasteiger partial charge in [0.05, 0.1) is 6.04 Å². The smallest absolute Gasteiger partial charge is 0.0649 e. The minimum Gasteiger partial charge on any atom is -0.271 e. The van der Waals surface area contributed by atoms with Crippen LogP contribution in [0.1, 0.15) is 22.0 Å². The van der Waals surface area contributed by atoms with Gasteiger partial charge >= 0.3 is 0 Å². The van der Waals surface area contributed by atoms with Crippen LogP contribution >= 0.6 is 23.1 Å². The molecule has 0 spiro atoms. The number of nitrogens with two attached hydrogens (primary N) is 1. The maximum absolute atomic E-state index is 5.67. The van der Waals surface area contributed by atoms with Crippen molar-refractivity contribution in [3.8, 4) is 0 Å². The molecule has 1 heterocycles. The molecule has 18 heavy (non-hydrogen) atoms. The molecule has 0 radical (unpaired) electrons. The number of aryl methyl sites for hydroxylation is 2. The molecule has 0 saturated carbocycles. The second kappa shape index (κ2) is 6.38. The fraction of sp³-hybridized carbons (Fsp3) is 0.286. The molecule has 0 aliphatic rings. The van der Waals surface area contributed by atoms with Crippen molar-refractivity contribution in [3.63, 3.8) is 0 Å². The van der Waals surface area contributed by atoms with Gasteiger partial charge in [0.2, 0.25) is 0 Å². The van der Waals surface area contributed by atoms with Gasteiger partial charge in [-0.25, -0.2) is 0 Å². The van der Waals surface area contributed by atoms with Gasteiger partial charge in [0, 0.05) is 15.5 Å². The Bertz CT molecular complexity index is 508. The normalized spacial score (nSPS) is 12.6. The second-order valence-electron chi connectivity index (χ2n) is 4.31. The topological polar surface area (TPSA) is 38.0 Å². The van der Waals surface area contributed by atoms with Crippen LogP contribution in [-0.4, -0.2) is 5.75 Å². The maximum atomic E-state index is 5.67. The Balaban J connectivity index is 2.02. The molecule has 0 bridgehead atoms. The standard InChI is InChI=1S/C14H18N2S2/c1-10-4-3-5-12(8-10)18-9-13(16-15)14-11(2)6-7-17-14/h3-8,13,16H,9,15H2,1-2H3. The molecule has 0 saturated heterocycles. The van der Waals surface area contributed by atoms with Crippen LogP contribution in [0.15, 0.2) is 40.6 Å². The van der Waals surface area contributed by atoms with Crippen molar-refractivity contribution >= 4 is 23.1 Å². The van der Waals surface area contributed by atoms with Crippen LogP contribution in [0, 0.1) is 13.8 Å². The van der Waals surface area contributed by atoms with Crippen LogP contribution in [0.2, 0.25) is 0 Å². The van der Waals surface area contributed by atoms with Crippen molar-refractivity contribution in [2.75, 3.05) is 5.75 Å². The zero-order valence-electron chi connectivity index (χ0n) is 10.6. The fourth-order valence-electron chi connectivity index (χ4n) is 1.83. The Morgan fingerprint density at radius 3 is 2.78 bits per heavy atom. The predicted octanol–water partition coefficient (Wildman–Crippen LogP) is 3.66. The first kappa shape index (κ1) is 13.6. The van der Waals surface area contributed by atoms with Gasteiger partial charge in [-0.15, -0.1) is 23.1 Å². The van der Waals surface area contributed by atoms with Gasteiger partial charge < -0.3 is 0 Å². The third-order valence-electron chi connectivity index (χ3n) is 2.83. The summed E-state index contributed by atoms with van der Waals surface area (Å²) in [4.78, 5) is 2.63. The monoisotopic (exact) mass is 278 g/mol. The molecule has 0 aliphatic carbocycles. The van der Waals surface area contributed by atoms with Gasteiger partial charge in [-0.3, -0.25) is 11.3 Å². The molecule has 1 unspecified atom stereocenters. The van der Waals surface area contributed by atoms with Crippen molar-refractivity contribution in [2.45, 2.75) is 24.8 Å². The van der Waals surface area contributed by atoms with Gasteiger partial charge in [0.1, 0.15) is 0 Å².